The summed E-state index contributed by atoms with van der Waals surface area (Å²) < 4.78 is 10.8. The first-order valence-electron chi connectivity index (χ1n) is 8.36. The lowest BCUT2D eigenvalue weighted by Crippen LogP contribution is -2.17. The zero-order valence-electron chi connectivity index (χ0n) is 14.7. The van der Waals surface area contributed by atoms with Crippen LogP contribution in [0.2, 0.25) is 0 Å². The molecule has 2 aromatic carbocycles. The van der Waals surface area contributed by atoms with Crippen molar-refractivity contribution in [2.75, 3.05) is 13.2 Å². The van der Waals surface area contributed by atoms with Crippen molar-refractivity contribution < 1.29 is 14.3 Å². The summed E-state index contributed by atoms with van der Waals surface area (Å²) in [6.07, 6.45) is -0.0130. The van der Waals surface area contributed by atoms with E-state index in [-0.39, 0.29) is 25.2 Å². The summed E-state index contributed by atoms with van der Waals surface area (Å²) in [5.74, 6) is 0.338. The van der Waals surface area contributed by atoms with Crippen molar-refractivity contribution in [3.05, 3.63) is 69.6 Å². The third kappa shape index (κ3) is 4.27. The van der Waals surface area contributed by atoms with Crippen LogP contribution >= 0.6 is 0 Å². The summed E-state index contributed by atoms with van der Waals surface area (Å²) in [5.41, 5.74) is 2.45. The van der Waals surface area contributed by atoms with E-state index < -0.39 is 5.97 Å². The number of aryl methyl sites for hydroxylation is 2. The van der Waals surface area contributed by atoms with E-state index in [0.717, 1.165) is 16.9 Å². The monoisotopic (exact) mass is 352 g/mol. The molecule has 6 heteroatoms. The molecule has 0 aliphatic carbocycles. The molecule has 0 atom stereocenters. The van der Waals surface area contributed by atoms with E-state index >= 15 is 0 Å². The lowest BCUT2D eigenvalue weighted by molar-refractivity contribution is -0.143. The molecule has 1 N–H and O–H groups in total. The third-order valence-electron chi connectivity index (χ3n) is 3.90. The molecule has 0 saturated carbocycles. The molecule has 0 fully saturated rings. The van der Waals surface area contributed by atoms with Gasteiger partial charge < -0.3 is 9.47 Å². The summed E-state index contributed by atoms with van der Waals surface area (Å²) in [6.45, 7) is 4.42. The van der Waals surface area contributed by atoms with Crippen LogP contribution in [0, 0.1) is 13.8 Å². The number of aromatic nitrogens is 2. The van der Waals surface area contributed by atoms with Crippen LogP contribution in [0.15, 0.2) is 47.3 Å². The number of hydrogen-bond donors (Lipinski definition) is 1. The highest BCUT2D eigenvalue weighted by Crippen LogP contribution is 2.16. The molecule has 1 heterocycles. The van der Waals surface area contributed by atoms with E-state index in [2.05, 4.69) is 16.3 Å². The maximum atomic E-state index is 12.1. The van der Waals surface area contributed by atoms with Crippen LogP contribution in [-0.4, -0.2) is 29.4 Å². The molecule has 0 bridgehead atoms. The Kier molecular flexibility index (Phi) is 5.31. The summed E-state index contributed by atoms with van der Waals surface area (Å²) in [7, 11) is 0. The summed E-state index contributed by atoms with van der Waals surface area (Å²) in [6, 6.07) is 13.0. The van der Waals surface area contributed by atoms with E-state index in [1.807, 2.05) is 26.0 Å². The average Bonchev–Trinajstić information content (AvgIpc) is 2.61. The molecular formula is C20H20N2O4. The van der Waals surface area contributed by atoms with Crippen LogP contribution in [0.1, 0.15) is 16.8 Å². The van der Waals surface area contributed by atoms with Crippen LogP contribution < -0.4 is 10.3 Å². The van der Waals surface area contributed by atoms with Crippen LogP contribution in [0.5, 0.6) is 5.75 Å². The Morgan fingerprint density at radius 2 is 1.73 bits per heavy atom. The first-order chi connectivity index (χ1) is 12.5. The maximum Gasteiger partial charge on any atom is 0.312 e. The Labute approximate surface area is 150 Å². The van der Waals surface area contributed by atoms with E-state index in [9.17, 15) is 9.59 Å². The average molecular weight is 352 g/mol. The van der Waals surface area contributed by atoms with Crippen LogP contribution in [0.4, 0.5) is 0 Å². The van der Waals surface area contributed by atoms with Gasteiger partial charge in [0.2, 0.25) is 0 Å². The number of esters is 1. The van der Waals surface area contributed by atoms with Gasteiger partial charge in [-0.05, 0) is 43.2 Å². The summed E-state index contributed by atoms with van der Waals surface area (Å²) in [4.78, 5) is 23.8. The molecule has 26 heavy (non-hydrogen) atoms. The summed E-state index contributed by atoms with van der Waals surface area (Å²) in [5, 5.41) is 7.54. The predicted octanol–water partition coefficient (Wildman–Crippen LogP) is 2.70. The van der Waals surface area contributed by atoms with Crippen LogP contribution in [0.25, 0.3) is 10.8 Å². The van der Waals surface area contributed by atoms with Gasteiger partial charge in [-0.25, -0.2) is 5.10 Å². The molecule has 0 saturated heterocycles. The Morgan fingerprint density at radius 1 is 1.04 bits per heavy atom. The number of hydrogen-bond acceptors (Lipinski definition) is 5. The second kappa shape index (κ2) is 7.82. The number of rotatable bonds is 6. The smallest absolute Gasteiger partial charge is 0.312 e. The number of fused-ring (bicyclic) bond motifs is 1. The van der Waals surface area contributed by atoms with Gasteiger partial charge in [0.05, 0.1) is 17.5 Å². The topological polar surface area (TPSA) is 81.3 Å². The Hall–Kier alpha value is -3.15. The number of aromatic amines is 1. The highest BCUT2D eigenvalue weighted by atomic mass is 16.6. The van der Waals surface area contributed by atoms with E-state index in [1.165, 1.54) is 0 Å². The minimum Gasteiger partial charge on any atom is -0.490 e. The van der Waals surface area contributed by atoms with Gasteiger partial charge in [-0.2, -0.15) is 5.10 Å². The van der Waals surface area contributed by atoms with E-state index in [4.69, 9.17) is 9.47 Å². The molecule has 3 rings (SSSR count). The molecule has 0 amide bonds. The minimum atomic E-state index is -0.418. The second-order valence-corrected chi connectivity index (χ2v) is 6.11. The molecule has 134 valence electrons. The highest BCUT2D eigenvalue weighted by molar-refractivity contribution is 5.86. The van der Waals surface area contributed by atoms with Gasteiger partial charge in [0.1, 0.15) is 19.0 Å². The van der Waals surface area contributed by atoms with Gasteiger partial charge in [-0.15, -0.1) is 0 Å². The standard InChI is InChI=1S/C20H20N2O4/c1-13-9-14(2)11-15(10-13)25-7-8-26-19(23)12-18-16-5-3-4-6-17(16)20(24)22-21-18/h3-6,9-11H,7-8,12H2,1-2H3,(H,22,24). The number of H-pyrrole nitrogens is 1. The quantitative estimate of drug-likeness (QED) is 0.545. The minimum absolute atomic E-state index is 0.0130. The van der Waals surface area contributed by atoms with Crippen molar-refractivity contribution in [1.82, 2.24) is 10.2 Å². The Morgan fingerprint density at radius 3 is 2.46 bits per heavy atom. The lowest BCUT2D eigenvalue weighted by atomic mass is 10.1. The zero-order valence-corrected chi connectivity index (χ0v) is 14.7. The Balaban J connectivity index is 1.55. The van der Waals surface area contributed by atoms with Crippen molar-refractivity contribution >= 4 is 16.7 Å². The maximum absolute atomic E-state index is 12.1. The highest BCUT2D eigenvalue weighted by Gasteiger charge is 2.11. The largest absolute Gasteiger partial charge is 0.490 e. The fourth-order valence-electron chi connectivity index (χ4n) is 2.83. The SMILES string of the molecule is Cc1cc(C)cc(OCCOC(=O)Cc2n[nH]c(=O)c3ccccc23)c1. The zero-order chi connectivity index (χ0) is 18.5. The first kappa shape index (κ1) is 17.7. The molecular weight excluding hydrogens is 332 g/mol. The molecule has 0 aliphatic heterocycles. The molecule has 0 radical (unpaired) electrons. The van der Waals surface area contributed by atoms with Crippen molar-refractivity contribution in [3.63, 3.8) is 0 Å². The van der Waals surface area contributed by atoms with Gasteiger partial charge in [0.25, 0.3) is 5.56 Å². The predicted molar refractivity (Wildman–Crippen MR) is 98.4 cm³/mol. The molecule has 6 nitrogen and oxygen atoms in total. The van der Waals surface area contributed by atoms with Crippen molar-refractivity contribution in [2.24, 2.45) is 0 Å². The van der Waals surface area contributed by atoms with Crippen molar-refractivity contribution in [1.29, 1.82) is 0 Å². The fourth-order valence-corrected chi connectivity index (χ4v) is 2.83. The second-order valence-electron chi connectivity index (χ2n) is 6.11. The van der Waals surface area contributed by atoms with Crippen molar-refractivity contribution in [3.8, 4) is 5.75 Å². The van der Waals surface area contributed by atoms with Gasteiger partial charge in [0.15, 0.2) is 0 Å². The molecule has 0 aliphatic rings. The fraction of sp³-hybridized carbons (Fsp3) is 0.250. The molecule has 0 unspecified atom stereocenters. The number of nitrogens with one attached hydrogen (secondary N) is 1. The van der Waals surface area contributed by atoms with Gasteiger partial charge >= 0.3 is 5.97 Å². The summed E-state index contributed by atoms with van der Waals surface area (Å²) >= 11 is 0. The van der Waals surface area contributed by atoms with E-state index in [1.54, 1.807) is 24.3 Å². The van der Waals surface area contributed by atoms with E-state index in [0.29, 0.717) is 16.5 Å². The number of nitrogens with zero attached hydrogens (tertiary/aromatic N) is 1. The molecule has 3 aromatic rings. The van der Waals surface area contributed by atoms with Gasteiger partial charge in [0, 0.05) is 5.39 Å². The number of carbonyl (C=O) groups excluding carboxylic acids is 1. The van der Waals surface area contributed by atoms with Crippen LogP contribution in [0.3, 0.4) is 0 Å². The van der Waals surface area contributed by atoms with Crippen LogP contribution in [-0.2, 0) is 16.0 Å². The van der Waals surface area contributed by atoms with Gasteiger partial charge in [-0.1, -0.05) is 24.3 Å². The lowest BCUT2D eigenvalue weighted by Gasteiger charge is -2.09. The Bertz CT molecular complexity index is 974. The van der Waals surface area contributed by atoms with Crippen molar-refractivity contribution in [2.45, 2.75) is 20.3 Å². The number of carbonyl (C=O) groups is 1. The number of benzene rings is 2. The molecule has 0 spiro atoms. The molecule has 1 aromatic heterocycles. The number of ether oxygens (including phenoxy) is 2. The first-order valence-corrected chi connectivity index (χ1v) is 8.36. The third-order valence-corrected chi connectivity index (χ3v) is 3.90. The normalized spacial score (nSPS) is 10.7. The van der Waals surface area contributed by atoms with Gasteiger partial charge in [-0.3, -0.25) is 9.59 Å².